The monoisotopic (exact) mass is 261 g/mol. The Balaban J connectivity index is 1.99. The number of aromatic nitrogens is 2. The van der Waals surface area contributed by atoms with Crippen molar-refractivity contribution >= 4 is 0 Å². The first kappa shape index (κ1) is 13.5. The van der Waals surface area contributed by atoms with Gasteiger partial charge in [0.2, 0.25) is 11.8 Å². The van der Waals surface area contributed by atoms with E-state index in [0.29, 0.717) is 18.2 Å². The van der Waals surface area contributed by atoms with Crippen LogP contribution in [0.25, 0.3) is 0 Å². The largest absolute Gasteiger partial charge is 0.496 e. The van der Waals surface area contributed by atoms with Crippen LogP contribution in [-0.2, 0) is 12.8 Å². The summed E-state index contributed by atoms with van der Waals surface area (Å²) in [6, 6.07) is 7.84. The second kappa shape index (κ2) is 6.89. The van der Waals surface area contributed by atoms with Crippen molar-refractivity contribution in [1.29, 1.82) is 0 Å². The Morgan fingerprint density at radius 2 is 2.00 bits per heavy atom. The molecule has 0 radical (unpaired) electrons. The van der Waals surface area contributed by atoms with Gasteiger partial charge in [0.25, 0.3) is 0 Å². The van der Waals surface area contributed by atoms with Gasteiger partial charge in [0.05, 0.1) is 13.5 Å². The minimum Gasteiger partial charge on any atom is -0.496 e. The molecule has 5 heteroatoms. The summed E-state index contributed by atoms with van der Waals surface area (Å²) in [5.74, 6) is 2.14. The summed E-state index contributed by atoms with van der Waals surface area (Å²) in [6.45, 7) is 3.87. The van der Waals surface area contributed by atoms with Crippen molar-refractivity contribution in [2.24, 2.45) is 0 Å². The van der Waals surface area contributed by atoms with E-state index in [1.54, 1.807) is 7.11 Å². The first-order valence-electron chi connectivity index (χ1n) is 6.47. The lowest BCUT2D eigenvalue weighted by atomic mass is 10.1. The Hall–Kier alpha value is -1.88. The fourth-order valence-corrected chi connectivity index (χ4v) is 1.84. The van der Waals surface area contributed by atoms with Gasteiger partial charge < -0.3 is 14.5 Å². The summed E-state index contributed by atoms with van der Waals surface area (Å²) in [4.78, 5) is 0. The molecule has 102 valence electrons. The topological polar surface area (TPSA) is 60.2 Å². The van der Waals surface area contributed by atoms with E-state index >= 15 is 0 Å². The fourth-order valence-electron chi connectivity index (χ4n) is 1.84. The molecule has 1 heterocycles. The lowest BCUT2D eigenvalue weighted by Gasteiger charge is -2.05. The fraction of sp³-hybridized carbons (Fsp3) is 0.429. The lowest BCUT2D eigenvalue weighted by Crippen LogP contribution is -2.16. The Morgan fingerprint density at radius 3 is 2.79 bits per heavy atom. The summed E-state index contributed by atoms with van der Waals surface area (Å²) in [5.41, 5.74) is 1.05. The van der Waals surface area contributed by atoms with Crippen LogP contribution in [0.3, 0.4) is 0 Å². The molecular weight excluding hydrogens is 242 g/mol. The molecule has 2 aromatic rings. The minimum absolute atomic E-state index is 0.595. The second-order valence-electron chi connectivity index (χ2n) is 4.18. The third-order valence-electron chi connectivity index (χ3n) is 2.81. The molecule has 0 saturated heterocycles. The van der Waals surface area contributed by atoms with E-state index in [0.717, 1.165) is 30.8 Å². The first-order chi connectivity index (χ1) is 9.33. The number of methoxy groups -OCH3 is 1. The SMILES string of the molecule is CCNCCc1nnc(Cc2ccccc2OC)o1. The molecule has 1 N–H and O–H groups in total. The van der Waals surface area contributed by atoms with Crippen LogP contribution in [0.2, 0.25) is 0 Å². The van der Waals surface area contributed by atoms with Gasteiger partial charge in [-0.3, -0.25) is 0 Å². The third kappa shape index (κ3) is 3.79. The highest BCUT2D eigenvalue weighted by Crippen LogP contribution is 2.20. The van der Waals surface area contributed by atoms with Gasteiger partial charge in [0.1, 0.15) is 5.75 Å². The zero-order valence-electron chi connectivity index (χ0n) is 11.3. The maximum absolute atomic E-state index is 5.62. The van der Waals surface area contributed by atoms with Gasteiger partial charge in [0, 0.05) is 18.5 Å². The van der Waals surface area contributed by atoms with Crippen LogP contribution in [0.15, 0.2) is 28.7 Å². The average molecular weight is 261 g/mol. The maximum Gasteiger partial charge on any atom is 0.221 e. The Bertz CT molecular complexity index is 511. The molecular formula is C14H19N3O2. The van der Waals surface area contributed by atoms with Crippen molar-refractivity contribution in [3.05, 3.63) is 41.6 Å². The normalized spacial score (nSPS) is 10.6. The van der Waals surface area contributed by atoms with E-state index in [4.69, 9.17) is 9.15 Å². The van der Waals surface area contributed by atoms with Gasteiger partial charge in [-0.15, -0.1) is 10.2 Å². The average Bonchev–Trinajstić information content (AvgIpc) is 2.87. The number of ether oxygens (including phenoxy) is 1. The van der Waals surface area contributed by atoms with Crippen LogP contribution in [0.4, 0.5) is 0 Å². The first-order valence-corrected chi connectivity index (χ1v) is 6.47. The smallest absolute Gasteiger partial charge is 0.221 e. The number of hydrogen-bond donors (Lipinski definition) is 1. The second-order valence-corrected chi connectivity index (χ2v) is 4.18. The predicted octanol–water partition coefficient (Wildman–Crippen LogP) is 1.82. The molecule has 0 aliphatic heterocycles. The predicted molar refractivity (Wildman–Crippen MR) is 72.3 cm³/mol. The highest BCUT2D eigenvalue weighted by atomic mass is 16.5. The van der Waals surface area contributed by atoms with Gasteiger partial charge in [-0.25, -0.2) is 0 Å². The van der Waals surface area contributed by atoms with Crippen molar-refractivity contribution in [1.82, 2.24) is 15.5 Å². The Morgan fingerprint density at radius 1 is 1.21 bits per heavy atom. The molecule has 0 bridgehead atoms. The molecule has 0 amide bonds. The van der Waals surface area contributed by atoms with E-state index in [1.807, 2.05) is 24.3 Å². The summed E-state index contributed by atoms with van der Waals surface area (Å²) in [6.07, 6.45) is 1.35. The number of rotatable bonds is 7. The van der Waals surface area contributed by atoms with Crippen LogP contribution >= 0.6 is 0 Å². The number of nitrogens with one attached hydrogen (secondary N) is 1. The quantitative estimate of drug-likeness (QED) is 0.770. The third-order valence-corrected chi connectivity index (χ3v) is 2.81. The van der Waals surface area contributed by atoms with E-state index in [-0.39, 0.29) is 0 Å². The van der Waals surface area contributed by atoms with Crippen molar-refractivity contribution in [2.45, 2.75) is 19.8 Å². The molecule has 2 rings (SSSR count). The van der Waals surface area contributed by atoms with E-state index in [1.165, 1.54) is 0 Å². The van der Waals surface area contributed by atoms with Crippen LogP contribution in [0.1, 0.15) is 24.3 Å². The molecule has 5 nitrogen and oxygen atoms in total. The molecule has 19 heavy (non-hydrogen) atoms. The molecule has 0 unspecified atom stereocenters. The van der Waals surface area contributed by atoms with Crippen molar-refractivity contribution in [3.8, 4) is 5.75 Å². The molecule has 0 aliphatic rings. The summed E-state index contributed by atoms with van der Waals surface area (Å²) < 4.78 is 10.9. The van der Waals surface area contributed by atoms with Crippen LogP contribution in [0, 0.1) is 0 Å². The zero-order chi connectivity index (χ0) is 13.5. The van der Waals surface area contributed by atoms with E-state index in [2.05, 4.69) is 22.4 Å². The molecule has 0 fully saturated rings. The number of para-hydroxylation sites is 1. The molecule has 0 spiro atoms. The van der Waals surface area contributed by atoms with Gasteiger partial charge >= 0.3 is 0 Å². The van der Waals surface area contributed by atoms with E-state index in [9.17, 15) is 0 Å². The van der Waals surface area contributed by atoms with Crippen molar-refractivity contribution in [3.63, 3.8) is 0 Å². The number of benzene rings is 1. The maximum atomic E-state index is 5.62. The summed E-state index contributed by atoms with van der Waals surface area (Å²) in [7, 11) is 1.66. The van der Waals surface area contributed by atoms with Gasteiger partial charge in [-0.2, -0.15) is 0 Å². The van der Waals surface area contributed by atoms with Gasteiger partial charge in [-0.1, -0.05) is 25.1 Å². The summed E-state index contributed by atoms with van der Waals surface area (Å²) >= 11 is 0. The summed E-state index contributed by atoms with van der Waals surface area (Å²) in [5, 5.41) is 11.3. The minimum atomic E-state index is 0.595. The van der Waals surface area contributed by atoms with Crippen LogP contribution in [-0.4, -0.2) is 30.4 Å². The Labute approximate surface area is 113 Å². The highest BCUT2D eigenvalue weighted by molar-refractivity contribution is 5.34. The van der Waals surface area contributed by atoms with Crippen molar-refractivity contribution < 1.29 is 9.15 Å². The van der Waals surface area contributed by atoms with E-state index < -0.39 is 0 Å². The van der Waals surface area contributed by atoms with Crippen LogP contribution in [0.5, 0.6) is 5.75 Å². The lowest BCUT2D eigenvalue weighted by molar-refractivity contribution is 0.406. The molecule has 1 aromatic carbocycles. The highest BCUT2D eigenvalue weighted by Gasteiger charge is 2.09. The number of hydrogen-bond acceptors (Lipinski definition) is 5. The molecule has 0 aliphatic carbocycles. The molecule has 1 aromatic heterocycles. The molecule has 0 atom stereocenters. The molecule has 0 saturated carbocycles. The number of nitrogens with zero attached hydrogens (tertiary/aromatic N) is 2. The van der Waals surface area contributed by atoms with Gasteiger partial charge in [0.15, 0.2) is 0 Å². The Kier molecular flexibility index (Phi) is 4.92. The zero-order valence-corrected chi connectivity index (χ0v) is 11.3. The standard InChI is InChI=1S/C14H19N3O2/c1-3-15-9-8-13-16-17-14(19-13)10-11-6-4-5-7-12(11)18-2/h4-7,15H,3,8-10H2,1-2H3. The van der Waals surface area contributed by atoms with Crippen LogP contribution < -0.4 is 10.1 Å². The number of likely N-dealkylation sites (N-methyl/N-ethyl adjacent to an activating group) is 1. The van der Waals surface area contributed by atoms with Gasteiger partial charge in [-0.05, 0) is 12.6 Å². The van der Waals surface area contributed by atoms with Crippen molar-refractivity contribution in [2.75, 3.05) is 20.2 Å².